The normalized spacial score (nSPS) is 14.5. The number of piperidine rings is 1. The molecule has 1 saturated heterocycles. The number of pyridine rings is 1. The molecule has 1 aliphatic heterocycles. The van der Waals surface area contributed by atoms with Crippen molar-refractivity contribution in [2.45, 2.75) is 39.2 Å². The molecule has 11 nitrogen and oxygen atoms in total. The largest absolute Gasteiger partial charge is 0.496 e. The third-order valence-corrected chi connectivity index (χ3v) is 8.84. The highest BCUT2D eigenvalue weighted by atomic mass is 19.1. The topological polar surface area (TPSA) is 148 Å². The fourth-order valence-corrected chi connectivity index (χ4v) is 6.54. The smallest absolute Gasteiger partial charge is 0.289 e. The van der Waals surface area contributed by atoms with Gasteiger partial charge in [0.25, 0.3) is 5.91 Å². The van der Waals surface area contributed by atoms with Gasteiger partial charge in [-0.3, -0.25) is 9.78 Å². The maximum Gasteiger partial charge on any atom is 0.289 e. The highest BCUT2D eigenvalue weighted by Crippen LogP contribution is 2.42. The zero-order valence-electron chi connectivity index (χ0n) is 26.0. The van der Waals surface area contributed by atoms with Gasteiger partial charge in [0.05, 0.1) is 35.0 Å². The van der Waals surface area contributed by atoms with E-state index in [1.165, 1.54) is 12.1 Å². The Labute approximate surface area is 264 Å². The molecule has 12 heteroatoms. The molecular formula is C34H35FN8O3. The molecular weight excluding hydrogens is 587 g/mol. The molecule has 236 valence electrons. The van der Waals surface area contributed by atoms with E-state index < -0.39 is 5.82 Å². The standard InChI is InChI=1S/C34H35FN8O3/c1-18-29(19(2)46-42-18)25-16-27-24(17-28(25)45-3)30-31(22-7-11-37-26-6-5-20(35)15-23(22)26)40-33(41-32(30)39-27)34(44)38-21-8-13-43(14-9-21)12-4-10-36/h5-7,11,15-17,21H,4,8-10,12-14,36H2,1-3H3,(H,38,44)(H,39,40,41). The number of hydrogen-bond donors (Lipinski definition) is 3. The predicted molar refractivity (Wildman–Crippen MR) is 174 cm³/mol. The molecule has 6 aromatic rings. The summed E-state index contributed by atoms with van der Waals surface area (Å²) in [6.45, 7) is 7.15. The Morgan fingerprint density at radius 1 is 1.13 bits per heavy atom. The molecule has 0 bridgehead atoms. The van der Waals surface area contributed by atoms with Crippen LogP contribution in [0, 0.1) is 19.7 Å². The summed E-state index contributed by atoms with van der Waals surface area (Å²) in [6.07, 6.45) is 4.27. The molecule has 1 aliphatic rings. The van der Waals surface area contributed by atoms with Crippen molar-refractivity contribution in [1.29, 1.82) is 0 Å². The first kappa shape index (κ1) is 29.8. The van der Waals surface area contributed by atoms with Gasteiger partial charge >= 0.3 is 0 Å². The summed E-state index contributed by atoms with van der Waals surface area (Å²) in [5.41, 5.74) is 11.0. The fourth-order valence-electron chi connectivity index (χ4n) is 6.54. The lowest BCUT2D eigenvalue weighted by molar-refractivity contribution is 0.0901. The van der Waals surface area contributed by atoms with Crippen molar-refractivity contribution in [2.24, 2.45) is 5.73 Å². The predicted octanol–water partition coefficient (Wildman–Crippen LogP) is 5.29. The molecule has 0 spiro atoms. The van der Waals surface area contributed by atoms with Gasteiger partial charge in [0.15, 0.2) is 0 Å². The zero-order valence-corrected chi connectivity index (χ0v) is 26.0. The number of H-pyrrole nitrogens is 1. The minimum absolute atomic E-state index is 0.00445. The number of hydrogen-bond acceptors (Lipinski definition) is 9. The van der Waals surface area contributed by atoms with Gasteiger partial charge in [0.2, 0.25) is 5.82 Å². The van der Waals surface area contributed by atoms with Gasteiger partial charge in [-0.25, -0.2) is 14.4 Å². The van der Waals surface area contributed by atoms with Crippen molar-refractivity contribution in [3.8, 4) is 28.1 Å². The number of nitrogens with one attached hydrogen (secondary N) is 2. The van der Waals surface area contributed by atoms with E-state index in [0.717, 1.165) is 66.6 Å². The van der Waals surface area contributed by atoms with Crippen LogP contribution in [0.4, 0.5) is 4.39 Å². The number of rotatable bonds is 8. The van der Waals surface area contributed by atoms with Crippen LogP contribution < -0.4 is 15.8 Å². The molecule has 0 atom stereocenters. The van der Waals surface area contributed by atoms with Crippen LogP contribution in [0.3, 0.4) is 0 Å². The number of halogens is 1. The molecule has 1 fully saturated rings. The first-order valence-electron chi connectivity index (χ1n) is 15.5. The second-order valence-electron chi connectivity index (χ2n) is 11.8. The van der Waals surface area contributed by atoms with Gasteiger partial charge in [-0.15, -0.1) is 0 Å². The van der Waals surface area contributed by atoms with E-state index >= 15 is 0 Å². The van der Waals surface area contributed by atoms with Crippen LogP contribution in [0.15, 0.2) is 47.1 Å². The monoisotopic (exact) mass is 622 g/mol. The van der Waals surface area contributed by atoms with Crippen molar-refractivity contribution in [2.75, 3.05) is 33.3 Å². The number of carbonyl (C=O) groups is 1. The molecule has 2 aromatic carbocycles. The Hall–Kier alpha value is -4.94. The SMILES string of the molecule is COc1cc2c(cc1-c1c(C)noc1C)[nH]c1nc(C(=O)NC3CCN(CCCN)CC3)nc(-c3ccnc4ccc(F)cc34)c12. The zero-order chi connectivity index (χ0) is 31.9. The summed E-state index contributed by atoms with van der Waals surface area (Å²) in [4.78, 5) is 33.6. The summed E-state index contributed by atoms with van der Waals surface area (Å²) in [6, 6.07) is 10.1. The molecule has 0 aliphatic carbocycles. The van der Waals surface area contributed by atoms with Crippen molar-refractivity contribution in [3.63, 3.8) is 0 Å². The van der Waals surface area contributed by atoms with E-state index in [1.54, 1.807) is 25.4 Å². The number of ether oxygens (including phenoxy) is 1. The maximum atomic E-state index is 14.6. The van der Waals surface area contributed by atoms with Crippen molar-refractivity contribution < 1.29 is 18.4 Å². The van der Waals surface area contributed by atoms with E-state index in [2.05, 4.69) is 25.3 Å². The highest BCUT2D eigenvalue weighted by Gasteiger charge is 2.26. The van der Waals surface area contributed by atoms with Gasteiger partial charge < -0.3 is 30.2 Å². The number of methoxy groups -OCH3 is 1. The van der Waals surface area contributed by atoms with Gasteiger partial charge in [0.1, 0.15) is 23.0 Å². The number of likely N-dealkylation sites (tertiary alicyclic amines) is 1. The van der Waals surface area contributed by atoms with Gasteiger partial charge in [-0.2, -0.15) is 0 Å². The number of amides is 1. The third kappa shape index (κ3) is 5.33. The average Bonchev–Trinajstić information content (AvgIpc) is 3.60. The number of nitrogens with two attached hydrogens (primary N) is 1. The lowest BCUT2D eigenvalue weighted by Gasteiger charge is -2.32. The van der Waals surface area contributed by atoms with E-state index in [0.29, 0.717) is 51.2 Å². The van der Waals surface area contributed by atoms with Crippen LogP contribution in [0.2, 0.25) is 0 Å². The second kappa shape index (κ2) is 12.1. The minimum Gasteiger partial charge on any atom is -0.496 e. The van der Waals surface area contributed by atoms with E-state index in [1.807, 2.05) is 26.0 Å². The minimum atomic E-state index is -0.396. The van der Waals surface area contributed by atoms with Gasteiger partial charge in [-0.1, -0.05) is 5.16 Å². The number of benzene rings is 2. The van der Waals surface area contributed by atoms with E-state index in [-0.39, 0.29) is 17.8 Å². The number of carbonyl (C=O) groups excluding carboxylic acids is 1. The Kier molecular flexibility index (Phi) is 7.83. The molecule has 0 saturated carbocycles. The summed E-state index contributed by atoms with van der Waals surface area (Å²) >= 11 is 0. The Morgan fingerprint density at radius 3 is 2.70 bits per heavy atom. The third-order valence-electron chi connectivity index (χ3n) is 8.84. The number of aromatic amines is 1. The number of fused-ring (bicyclic) bond motifs is 4. The molecule has 4 N–H and O–H groups in total. The summed E-state index contributed by atoms with van der Waals surface area (Å²) in [7, 11) is 1.61. The summed E-state index contributed by atoms with van der Waals surface area (Å²) < 4.78 is 25.9. The van der Waals surface area contributed by atoms with Gasteiger partial charge in [0, 0.05) is 52.7 Å². The van der Waals surface area contributed by atoms with Crippen LogP contribution in [0.5, 0.6) is 5.75 Å². The maximum absolute atomic E-state index is 14.6. The Balaban J connectivity index is 1.38. The van der Waals surface area contributed by atoms with Crippen LogP contribution in [-0.4, -0.2) is 75.2 Å². The second-order valence-corrected chi connectivity index (χ2v) is 11.8. The first-order valence-corrected chi connectivity index (χ1v) is 15.5. The highest BCUT2D eigenvalue weighted by molar-refractivity contribution is 6.16. The molecule has 0 unspecified atom stereocenters. The molecule has 4 aromatic heterocycles. The molecule has 0 radical (unpaired) electrons. The molecule has 7 rings (SSSR count). The van der Waals surface area contributed by atoms with E-state index in [4.69, 9.17) is 25.0 Å². The lowest BCUT2D eigenvalue weighted by Crippen LogP contribution is -2.45. The van der Waals surface area contributed by atoms with Gasteiger partial charge in [-0.05, 0) is 82.6 Å². The fraction of sp³-hybridized carbons (Fsp3) is 0.324. The Morgan fingerprint density at radius 2 is 1.96 bits per heavy atom. The quantitative estimate of drug-likeness (QED) is 0.206. The lowest BCUT2D eigenvalue weighted by atomic mass is 9.99. The van der Waals surface area contributed by atoms with Crippen molar-refractivity contribution in [3.05, 3.63) is 65.7 Å². The van der Waals surface area contributed by atoms with Crippen LogP contribution >= 0.6 is 0 Å². The number of nitrogens with zero attached hydrogens (tertiary/aromatic N) is 5. The van der Waals surface area contributed by atoms with Crippen LogP contribution in [-0.2, 0) is 0 Å². The van der Waals surface area contributed by atoms with Crippen LogP contribution in [0.1, 0.15) is 41.3 Å². The molecule has 1 amide bonds. The number of aryl methyl sites for hydroxylation is 2. The van der Waals surface area contributed by atoms with Crippen LogP contribution in [0.25, 0.3) is 55.2 Å². The average molecular weight is 623 g/mol. The van der Waals surface area contributed by atoms with Crippen molar-refractivity contribution in [1.82, 2.24) is 35.3 Å². The first-order chi connectivity index (χ1) is 22.3. The number of aromatic nitrogens is 5. The Bertz CT molecular complexity index is 2080. The van der Waals surface area contributed by atoms with Crippen molar-refractivity contribution >= 4 is 38.7 Å². The van der Waals surface area contributed by atoms with E-state index in [9.17, 15) is 9.18 Å². The molecule has 46 heavy (non-hydrogen) atoms. The summed E-state index contributed by atoms with van der Waals surface area (Å²) in [5.74, 6) is 0.548. The summed E-state index contributed by atoms with van der Waals surface area (Å²) in [5, 5.41) is 9.32. The molecule has 5 heterocycles.